The van der Waals surface area contributed by atoms with Crippen molar-refractivity contribution in [2.75, 3.05) is 26.7 Å². The highest BCUT2D eigenvalue weighted by molar-refractivity contribution is 5.84. The molecule has 2 aliphatic heterocycles. The van der Waals surface area contributed by atoms with Crippen LogP contribution in [-0.4, -0.2) is 66.7 Å². The van der Waals surface area contributed by atoms with Crippen molar-refractivity contribution < 1.29 is 27.5 Å². The number of alkyl halides is 3. The number of nitrogens with zero attached hydrogens (tertiary/aromatic N) is 2. The second-order valence-electron chi connectivity index (χ2n) is 7.05. The molecule has 0 radical (unpaired) electrons. The first-order valence-electron chi connectivity index (χ1n) is 8.51. The highest BCUT2D eigenvalue weighted by atomic mass is 19.4. The maximum Gasteiger partial charge on any atom is 0.406 e. The van der Waals surface area contributed by atoms with E-state index < -0.39 is 30.7 Å². The molecule has 0 aromatic heterocycles. The third-order valence-electron chi connectivity index (χ3n) is 5.64. The standard InChI is InChI=1S/C16H23F3N2O3/c1-24-15(23)13-11-5-2-4-10(11)8-21(13)12-6-3-7-20(14(12)22)9-16(17,18)19/h10-13H,2-9H2,1H3. The van der Waals surface area contributed by atoms with Crippen LogP contribution in [0.1, 0.15) is 32.1 Å². The first kappa shape index (κ1) is 17.5. The van der Waals surface area contributed by atoms with Gasteiger partial charge in [-0.15, -0.1) is 0 Å². The number of carbonyl (C=O) groups is 2. The van der Waals surface area contributed by atoms with E-state index >= 15 is 0 Å². The van der Waals surface area contributed by atoms with E-state index in [0.29, 0.717) is 25.3 Å². The number of ether oxygens (including phenoxy) is 1. The summed E-state index contributed by atoms with van der Waals surface area (Å²) in [7, 11) is 1.32. The predicted octanol–water partition coefficient (Wildman–Crippen LogP) is 1.81. The van der Waals surface area contributed by atoms with Crippen LogP contribution in [0.5, 0.6) is 0 Å². The van der Waals surface area contributed by atoms with Crippen molar-refractivity contribution in [1.29, 1.82) is 0 Å². The summed E-state index contributed by atoms with van der Waals surface area (Å²) < 4.78 is 43.0. The fraction of sp³-hybridized carbons (Fsp3) is 0.875. The fourth-order valence-corrected chi connectivity index (χ4v) is 4.69. The molecule has 136 valence electrons. The average molecular weight is 348 g/mol. The lowest BCUT2D eigenvalue weighted by Gasteiger charge is -2.39. The van der Waals surface area contributed by atoms with Gasteiger partial charge in [-0.1, -0.05) is 6.42 Å². The Bertz CT molecular complexity index is 511. The molecular weight excluding hydrogens is 325 g/mol. The number of rotatable bonds is 3. The second kappa shape index (κ2) is 6.54. The number of hydrogen-bond donors (Lipinski definition) is 0. The van der Waals surface area contributed by atoms with Gasteiger partial charge in [0, 0.05) is 13.1 Å². The van der Waals surface area contributed by atoms with E-state index in [0.717, 1.165) is 24.2 Å². The number of likely N-dealkylation sites (tertiary alicyclic amines) is 2. The van der Waals surface area contributed by atoms with Crippen LogP contribution >= 0.6 is 0 Å². The van der Waals surface area contributed by atoms with Gasteiger partial charge < -0.3 is 9.64 Å². The fourth-order valence-electron chi connectivity index (χ4n) is 4.69. The summed E-state index contributed by atoms with van der Waals surface area (Å²) >= 11 is 0. The van der Waals surface area contributed by atoms with Crippen LogP contribution in [0, 0.1) is 11.8 Å². The van der Waals surface area contributed by atoms with E-state index in [2.05, 4.69) is 0 Å². The molecule has 4 atom stereocenters. The summed E-state index contributed by atoms with van der Waals surface area (Å²) in [5.41, 5.74) is 0. The number of esters is 1. The SMILES string of the molecule is COC(=O)C1C2CCCC2CN1C1CCCN(CC(F)(F)F)C1=O. The number of halogens is 3. The number of methoxy groups -OCH3 is 1. The Labute approximate surface area is 139 Å². The van der Waals surface area contributed by atoms with E-state index in [-0.39, 0.29) is 18.4 Å². The van der Waals surface area contributed by atoms with E-state index in [1.165, 1.54) is 7.11 Å². The van der Waals surface area contributed by atoms with Gasteiger partial charge in [-0.3, -0.25) is 14.5 Å². The summed E-state index contributed by atoms with van der Waals surface area (Å²) in [5, 5.41) is 0. The van der Waals surface area contributed by atoms with Gasteiger partial charge in [0.15, 0.2) is 0 Å². The summed E-state index contributed by atoms with van der Waals surface area (Å²) in [5.74, 6) is -0.388. The Balaban J connectivity index is 1.78. The summed E-state index contributed by atoms with van der Waals surface area (Å²) in [6.07, 6.45) is -0.418. The van der Waals surface area contributed by atoms with Gasteiger partial charge in [0.05, 0.1) is 13.2 Å². The lowest BCUT2D eigenvalue weighted by atomic mass is 9.93. The van der Waals surface area contributed by atoms with Gasteiger partial charge >= 0.3 is 12.1 Å². The van der Waals surface area contributed by atoms with Gasteiger partial charge in [-0.05, 0) is 37.5 Å². The quantitative estimate of drug-likeness (QED) is 0.730. The van der Waals surface area contributed by atoms with Crippen LogP contribution in [0.3, 0.4) is 0 Å². The molecule has 1 saturated carbocycles. The first-order valence-corrected chi connectivity index (χ1v) is 8.51. The smallest absolute Gasteiger partial charge is 0.406 e. The van der Waals surface area contributed by atoms with Gasteiger partial charge in [0.25, 0.3) is 0 Å². The molecule has 0 spiro atoms. The van der Waals surface area contributed by atoms with Crippen molar-refractivity contribution in [3.8, 4) is 0 Å². The highest BCUT2D eigenvalue weighted by Crippen LogP contribution is 2.44. The third-order valence-corrected chi connectivity index (χ3v) is 5.64. The monoisotopic (exact) mass is 348 g/mol. The van der Waals surface area contributed by atoms with Crippen molar-refractivity contribution in [2.45, 2.75) is 50.4 Å². The van der Waals surface area contributed by atoms with Gasteiger partial charge in [0.2, 0.25) is 5.91 Å². The van der Waals surface area contributed by atoms with Crippen molar-refractivity contribution in [2.24, 2.45) is 11.8 Å². The molecular formula is C16H23F3N2O3. The molecule has 1 amide bonds. The minimum absolute atomic E-state index is 0.123. The molecule has 0 bridgehead atoms. The second-order valence-corrected chi connectivity index (χ2v) is 7.05. The predicted molar refractivity (Wildman–Crippen MR) is 79.0 cm³/mol. The van der Waals surface area contributed by atoms with Crippen LogP contribution in [0.25, 0.3) is 0 Å². The van der Waals surface area contributed by atoms with Crippen LogP contribution in [-0.2, 0) is 14.3 Å². The molecule has 2 heterocycles. The van der Waals surface area contributed by atoms with Crippen molar-refractivity contribution >= 4 is 11.9 Å². The van der Waals surface area contributed by atoms with Crippen LogP contribution in [0.15, 0.2) is 0 Å². The summed E-state index contributed by atoms with van der Waals surface area (Å²) in [4.78, 5) is 27.6. The highest BCUT2D eigenvalue weighted by Gasteiger charge is 2.52. The molecule has 3 aliphatic rings. The Morgan fingerprint density at radius 2 is 2.00 bits per heavy atom. The zero-order valence-electron chi connectivity index (χ0n) is 13.7. The van der Waals surface area contributed by atoms with E-state index in [9.17, 15) is 22.8 Å². The van der Waals surface area contributed by atoms with Gasteiger partial charge in [-0.25, -0.2) is 0 Å². The van der Waals surface area contributed by atoms with Crippen molar-refractivity contribution in [1.82, 2.24) is 9.80 Å². The first-order chi connectivity index (χ1) is 11.3. The number of piperidine rings is 1. The zero-order chi connectivity index (χ0) is 17.5. The van der Waals surface area contributed by atoms with Crippen LogP contribution in [0.4, 0.5) is 13.2 Å². The average Bonchev–Trinajstić information content (AvgIpc) is 3.07. The normalized spacial score (nSPS) is 34.5. The van der Waals surface area contributed by atoms with Crippen LogP contribution < -0.4 is 0 Å². The summed E-state index contributed by atoms with van der Waals surface area (Å²) in [6.45, 7) is -0.495. The van der Waals surface area contributed by atoms with Gasteiger partial charge in [-0.2, -0.15) is 13.2 Å². The Hall–Kier alpha value is -1.31. The molecule has 1 aliphatic carbocycles. The minimum atomic E-state index is -4.40. The van der Waals surface area contributed by atoms with Crippen molar-refractivity contribution in [3.63, 3.8) is 0 Å². The Kier molecular flexibility index (Phi) is 4.77. The van der Waals surface area contributed by atoms with E-state index in [4.69, 9.17) is 4.74 Å². The Morgan fingerprint density at radius 1 is 1.25 bits per heavy atom. The molecule has 4 unspecified atom stereocenters. The number of amides is 1. The zero-order valence-corrected chi connectivity index (χ0v) is 13.7. The van der Waals surface area contributed by atoms with E-state index in [1.54, 1.807) is 0 Å². The number of carbonyl (C=O) groups excluding carboxylic acids is 2. The molecule has 0 aromatic carbocycles. The summed E-state index contributed by atoms with van der Waals surface area (Å²) in [6, 6.07) is -1.14. The van der Waals surface area contributed by atoms with Crippen molar-refractivity contribution in [3.05, 3.63) is 0 Å². The molecule has 5 nitrogen and oxygen atoms in total. The Morgan fingerprint density at radius 3 is 2.67 bits per heavy atom. The van der Waals surface area contributed by atoms with E-state index in [1.807, 2.05) is 4.90 Å². The molecule has 8 heteroatoms. The minimum Gasteiger partial charge on any atom is -0.468 e. The lowest BCUT2D eigenvalue weighted by molar-refractivity contribution is -0.169. The van der Waals surface area contributed by atoms with Crippen LogP contribution in [0.2, 0.25) is 0 Å². The lowest BCUT2D eigenvalue weighted by Crippen LogP contribution is -2.57. The van der Waals surface area contributed by atoms with Gasteiger partial charge in [0.1, 0.15) is 12.6 Å². The molecule has 3 fully saturated rings. The largest absolute Gasteiger partial charge is 0.468 e. The molecule has 0 N–H and O–H groups in total. The number of hydrogen-bond acceptors (Lipinski definition) is 4. The topological polar surface area (TPSA) is 49.9 Å². The third kappa shape index (κ3) is 3.25. The molecule has 3 rings (SSSR count). The maximum absolute atomic E-state index is 12.7. The number of fused-ring (bicyclic) bond motifs is 1. The molecule has 0 aromatic rings. The molecule has 24 heavy (non-hydrogen) atoms. The maximum atomic E-state index is 12.7. The molecule has 2 saturated heterocycles.